The van der Waals surface area contributed by atoms with Crippen LogP contribution in [0.4, 0.5) is 4.39 Å². The summed E-state index contributed by atoms with van der Waals surface area (Å²) in [5.74, 6) is -1.60. The van der Waals surface area contributed by atoms with Gasteiger partial charge < -0.3 is 14.4 Å². The molecule has 1 atom stereocenters. The minimum absolute atomic E-state index is 0.0686. The first-order valence-corrected chi connectivity index (χ1v) is 11.5. The number of carbonyl (C=O) groups excluding carboxylic acids is 2. The van der Waals surface area contributed by atoms with Gasteiger partial charge in [-0.1, -0.05) is 24.3 Å². The van der Waals surface area contributed by atoms with Gasteiger partial charge in [-0.2, -0.15) is 4.31 Å². The molecule has 0 spiro atoms. The lowest BCUT2D eigenvalue weighted by Gasteiger charge is -2.35. The van der Waals surface area contributed by atoms with Crippen LogP contribution < -0.4 is 4.74 Å². The highest BCUT2D eigenvalue weighted by molar-refractivity contribution is 7.89. The van der Waals surface area contributed by atoms with Gasteiger partial charge in [0.25, 0.3) is 5.91 Å². The number of ether oxygens (including phenoxy) is 2. The van der Waals surface area contributed by atoms with E-state index in [-0.39, 0.29) is 43.2 Å². The summed E-state index contributed by atoms with van der Waals surface area (Å²) in [7, 11) is -2.28. The van der Waals surface area contributed by atoms with Crippen molar-refractivity contribution in [2.45, 2.75) is 24.3 Å². The van der Waals surface area contributed by atoms with E-state index in [4.69, 9.17) is 9.47 Å². The second-order valence-electron chi connectivity index (χ2n) is 7.32. The molecule has 2 aromatic rings. The largest absolute Gasteiger partial charge is 0.494 e. The van der Waals surface area contributed by atoms with Gasteiger partial charge in [-0.05, 0) is 36.8 Å². The average Bonchev–Trinajstić information content (AvgIpc) is 2.79. The number of rotatable bonds is 7. The van der Waals surface area contributed by atoms with E-state index in [0.717, 1.165) is 0 Å². The van der Waals surface area contributed by atoms with Crippen LogP contribution >= 0.6 is 0 Å². The van der Waals surface area contributed by atoms with Crippen LogP contribution in [0.1, 0.15) is 12.5 Å². The van der Waals surface area contributed by atoms with Gasteiger partial charge in [-0.25, -0.2) is 12.8 Å². The van der Waals surface area contributed by atoms with Crippen molar-refractivity contribution in [2.24, 2.45) is 0 Å². The first kappa shape index (κ1) is 23.7. The van der Waals surface area contributed by atoms with Crippen molar-refractivity contribution in [1.82, 2.24) is 9.21 Å². The third-order valence-electron chi connectivity index (χ3n) is 5.15. The molecule has 0 saturated carbocycles. The number of halogens is 1. The van der Waals surface area contributed by atoms with E-state index in [9.17, 15) is 22.4 Å². The van der Waals surface area contributed by atoms with Gasteiger partial charge in [0.15, 0.2) is 17.7 Å². The van der Waals surface area contributed by atoms with Crippen LogP contribution in [0.3, 0.4) is 0 Å². The number of carbonyl (C=O) groups is 2. The van der Waals surface area contributed by atoms with Crippen LogP contribution in [0, 0.1) is 5.82 Å². The Morgan fingerprint density at radius 1 is 1.06 bits per heavy atom. The summed E-state index contributed by atoms with van der Waals surface area (Å²) in [5, 5.41) is 0. The van der Waals surface area contributed by atoms with E-state index in [1.807, 2.05) is 0 Å². The summed E-state index contributed by atoms with van der Waals surface area (Å²) < 4.78 is 50.6. The second-order valence-corrected chi connectivity index (χ2v) is 9.26. The molecule has 0 bridgehead atoms. The van der Waals surface area contributed by atoms with Gasteiger partial charge in [-0.3, -0.25) is 9.59 Å². The Hall–Kier alpha value is -2.98. The van der Waals surface area contributed by atoms with E-state index in [2.05, 4.69) is 0 Å². The average molecular weight is 465 g/mol. The maximum Gasteiger partial charge on any atom is 0.311 e. The number of piperazine rings is 1. The fourth-order valence-electron chi connectivity index (χ4n) is 3.42. The molecule has 8 nitrogen and oxygen atoms in total. The first-order valence-electron chi connectivity index (χ1n) is 10.1. The van der Waals surface area contributed by atoms with Gasteiger partial charge >= 0.3 is 5.97 Å². The van der Waals surface area contributed by atoms with Gasteiger partial charge in [0, 0.05) is 26.2 Å². The van der Waals surface area contributed by atoms with Gasteiger partial charge in [0.2, 0.25) is 10.0 Å². The molecule has 1 heterocycles. The van der Waals surface area contributed by atoms with Crippen LogP contribution in [0.2, 0.25) is 0 Å². The Kier molecular flexibility index (Phi) is 7.47. The molecule has 1 saturated heterocycles. The molecule has 1 fully saturated rings. The maximum absolute atomic E-state index is 13.8. The standard InChI is InChI=1S/C22H25FN2O6S/c1-16(31-21(26)15-17-8-9-20(30-2)19(23)14-17)22(27)24-10-12-25(13-11-24)32(28,29)18-6-4-3-5-7-18/h3-9,14,16H,10-13,15H2,1-2H3/t16-/m0/s1. The van der Waals surface area contributed by atoms with Crippen molar-refractivity contribution in [1.29, 1.82) is 0 Å². The Bertz CT molecular complexity index is 1070. The number of benzene rings is 2. The van der Waals surface area contributed by atoms with E-state index in [0.29, 0.717) is 5.56 Å². The Labute approximate surface area is 186 Å². The van der Waals surface area contributed by atoms with Gasteiger partial charge in [-0.15, -0.1) is 0 Å². The molecular weight excluding hydrogens is 439 g/mol. The zero-order chi connectivity index (χ0) is 23.3. The van der Waals surface area contributed by atoms with Crippen molar-refractivity contribution < 1.29 is 31.9 Å². The van der Waals surface area contributed by atoms with Crippen LogP contribution in [-0.2, 0) is 30.8 Å². The molecular formula is C22H25FN2O6S. The quantitative estimate of drug-likeness (QED) is 0.581. The van der Waals surface area contributed by atoms with E-state index in [1.54, 1.807) is 24.3 Å². The SMILES string of the molecule is COc1ccc(CC(=O)O[C@@H](C)C(=O)N2CCN(S(=O)(=O)c3ccccc3)CC2)cc1F. The number of methoxy groups -OCH3 is 1. The molecule has 1 amide bonds. The van der Waals surface area contributed by atoms with E-state index < -0.39 is 33.8 Å². The molecule has 3 rings (SSSR count). The second kappa shape index (κ2) is 10.1. The lowest BCUT2D eigenvalue weighted by Crippen LogP contribution is -2.52. The Balaban J connectivity index is 1.52. The molecule has 0 unspecified atom stereocenters. The fourth-order valence-corrected chi connectivity index (χ4v) is 4.87. The van der Waals surface area contributed by atoms with Crippen molar-refractivity contribution in [2.75, 3.05) is 33.3 Å². The normalized spacial score (nSPS) is 15.8. The lowest BCUT2D eigenvalue weighted by molar-refractivity contribution is -0.159. The summed E-state index contributed by atoms with van der Waals surface area (Å²) in [6.45, 7) is 2.14. The third kappa shape index (κ3) is 5.43. The smallest absolute Gasteiger partial charge is 0.311 e. The van der Waals surface area contributed by atoms with Crippen molar-refractivity contribution >= 4 is 21.9 Å². The number of sulfonamides is 1. The van der Waals surface area contributed by atoms with Gasteiger partial charge in [0.1, 0.15) is 0 Å². The molecule has 1 aliphatic rings. The topological polar surface area (TPSA) is 93.2 Å². The number of esters is 1. The first-order chi connectivity index (χ1) is 15.2. The maximum atomic E-state index is 13.8. The minimum atomic E-state index is -3.62. The lowest BCUT2D eigenvalue weighted by atomic mass is 10.1. The number of amides is 1. The summed E-state index contributed by atoms with van der Waals surface area (Å²) in [4.78, 5) is 26.5. The van der Waals surface area contributed by atoms with Crippen LogP contribution in [0.5, 0.6) is 5.75 Å². The van der Waals surface area contributed by atoms with Crippen molar-refractivity contribution in [3.8, 4) is 5.75 Å². The summed E-state index contributed by atoms with van der Waals surface area (Å²) in [5.41, 5.74) is 0.396. The number of hydrogen-bond donors (Lipinski definition) is 0. The summed E-state index contributed by atoms with van der Waals surface area (Å²) in [6, 6.07) is 12.2. The zero-order valence-electron chi connectivity index (χ0n) is 17.9. The molecule has 1 aliphatic heterocycles. The van der Waals surface area contributed by atoms with Crippen LogP contribution in [0.25, 0.3) is 0 Å². The predicted octanol–water partition coefficient (Wildman–Crippen LogP) is 1.84. The number of hydrogen-bond acceptors (Lipinski definition) is 6. The van der Waals surface area contributed by atoms with Crippen LogP contribution in [-0.4, -0.2) is 68.9 Å². The minimum Gasteiger partial charge on any atom is -0.494 e. The van der Waals surface area contributed by atoms with E-state index in [1.165, 1.54) is 47.5 Å². The Morgan fingerprint density at radius 3 is 2.31 bits per heavy atom. The molecule has 32 heavy (non-hydrogen) atoms. The molecule has 0 aromatic heterocycles. The molecule has 0 N–H and O–H groups in total. The molecule has 172 valence electrons. The highest BCUT2D eigenvalue weighted by Gasteiger charge is 2.32. The molecule has 10 heteroatoms. The van der Waals surface area contributed by atoms with Crippen molar-refractivity contribution in [3.05, 3.63) is 59.9 Å². The monoisotopic (exact) mass is 464 g/mol. The molecule has 0 radical (unpaired) electrons. The van der Waals surface area contributed by atoms with Crippen LogP contribution in [0.15, 0.2) is 53.4 Å². The predicted molar refractivity (Wildman–Crippen MR) is 114 cm³/mol. The fraction of sp³-hybridized carbons (Fsp3) is 0.364. The Morgan fingerprint density at radius 2 is 1.72 bits per heavy atom. The summed E-state index contributed by atoms with van der Waals surface area (Å²) in [6.07, 6.45) is -1.23. The third-order valence-corrected chi connectivity index (χ3v) is 7.06. The molecule has 0 aliphatic carbocycles. The highest BCUT2D eigenvalue weighted by Crippen LogP contribution is 2.19. The van der Waals surface area contributed by atoms with Gasteiger partial charge in [0.05, 0.1) is 18.4 Å². The molecule has 2 aromatic carbocycles. The van der Waals surface area contributed by atoms with E-state index >= 15 is 0 Å². The summed E-state index contributed by atoms with van der Waals surface area (Å²) >= 11 is 0. The highest BCUT2D eigenvalue weighted by atomic mass is 32.2. The number of nitrogens with zero attached hydrogens (tertiary/aromatic N) is 2. The zero-order valence-corrected chi connectivity index (χ0v) is 18.7. The van der Waals surface area contributed by atoms with Crippen molar-refractivity contribution in [3.63, 3.8) is 0 Å².